The summed E-state index contributed by atoms with van der Waals surface area (Å²) in [4.78, 5) is 18.5. The summed E-state index contributed by atoms with van der Waals surface area (Å²) in [6, 6.07) is 7.67. The van der Waals surface area contributed by atoms with Crippen LogP contribution < -0.4 is 0 Å². The van der Waals surface area contributed by atoms with E-state index in [4.69, 9.17) is 0 Å². The highest BCUT2D eigenvalue weighted by Crippen LogP contribution is 2.18. The van der Waals surface area contributed by atoms with E-state index in [0.717, 1.165) is 18.1 Å². The molecule has 136 valence electrons. The summed E-state index contributed by atoms with van der Waals surface area (Å²) < 4.78 is 0. The first kappa shape index (κ1) is 22.2. The van der Waals surface area contributed by atoms with E-state index in [0.29, 0.717) is 12.4 Å². The number of hydrogen-bond acceptors (Lipinski definition) is 4. The molecule has 1 aromatic carbocycles. The summed E-state index contributed by atoms with van der Waals surface area (Å²) in [6.07, 6.45) is 11.3. The average molecular weight is 336 g/mol. The fourth-order valence-electron chi connectivity index (χ4n) is 2.15. The van der Waals surface area contributed by atoms with Crippen LogP contribution in [0.4, 0.5) is 0 Å². The van der Waals surface area contributed by atoms with Crippen molar-refractivity contribution in [3.8, 4) is 5.75 Å². The third-order valence-electron chi connectivity index (χ3n) is 3.47. The van der Waals surface area contributed by atoms with Gasteiger partial charge in [0.2, 0.25) is 0 Å². The molecule has 24 heavy (non-hydrogen) atoms. The summed E-state index contributed by atoms with van der Waals surface area (Å²) in [6.45, 7) is 7.49. The minimum Gasteiger partial charge on any atom is -0.508 e. The van der Waals surface area contributed by atoms with E-state index >= 15 is 0 Å². The number of unbranched alkanes of at least 4 members (excludes halogenated alkanes) is 6. The fraction of sp³-hybridized carbons (Fsp3) is 0.550. The quantitative estimate of drug-likeness (QED) is 0.256. The monoisotopic (exact) mass is 336 g/mol. The first-order chi connectivity index (χ1) is 11.7. The van der Waals surface area contributed by atoms with Crippen LogP contribution in [0.1, 0.15) is 64.4 Å². The Hall–Kier alpha value is -1.81. The van der Waals surface area contributed by atoms with E-state index in [1.807, 2.05) is 18.2 Å². The molecule has 0 saturated carbocycles. The highest BCUT2D eigenvalue weighted by atomic mass is 17.2. The molecule has 0 atom stereocenters. The Labute approximate surface area is 146 Å². The van der Waals surface area contributed by atoms with Gasteiger partial charge in [-0.05, 0) is 31.4 Å². The Bertz CT molecular complexity index is 443. The maximum absolute atomic E-state index is 10.1. The van der Waals surface area contributed by atoms with E-state index in [-0.39, 0.29) is 0 Å². The molecule has 0 saturated heterocycles. The zero-order chi connectivity index (χ0) is 18.0. The number of phenolic OH excluding ortho intramolecular Hbond substituents is 1. The number of carbonyl (C=O) groups is 1. The molecule has 0 aliphatic rings. The van der Waals surface area contributed by atoms with Crippen LogP contribution in [-0.4, -0.2) is 17.7 Å². The molecule has 0 spiro atoms. The molecule has 0 unspecified atom stereocenters. The third kappa shape index (κ3) is 12.7. The molecule has 0 aromatic heterocycles. The van der Waals surface area contributed by atoms with E-state index in [9.17, 15) is 9.90 Å². The summed E-state index contributed by atoms with van der Waals surface area (Å²) >= 11 is 0. The van der Waals surface area contributed by atoms with Gasteiger partial charge in [-0.25, -0.2) is 4.79 Å². The summed E-state index contributed by atoms with van der Waals surface area (Å²) in [5.74, 6) is -0.111. The Morgan fingerprint density at radius 3 is 2.29 bits per heavy atom. The highest BCUT2D eigenvalue weighted by molar-refractivity contribution is 5.80. The van der Waals surface area contributed by atoms with Gasteiger partial charge in [-0.2, -0.15) is 4.89 Å². The molecular weight excluding hydrogens is 304 g/mol. The lowest BCUT2D eigenvalue weighted by Gasteiger charge is -2.04. The normalized spacial score (nSPS) is 9.75. The number of benzene rings is 1. The van der Waals surface area contributed by atoms with Gasteiger partial charge in [0.05, 0.1) is 6.61 Å². The third-order valence-corrected chi connectivity index (χ3v) is 3.47. The van der Waals surface area contributed by atoms with Crippen molar-refractivity contribution < 1.29 is 19.7 Å². The van der Waals surface area contributed by atoms with E-state index < -0.39 is 5.97 Å². The van der Waals surface area contributed by atoms with Crippen LogP contribution in [0.2, 0.25) is 0 Å². The number of aromatic hydroxyl groups is 1. The number of rotatable bonds is 11. The Morgan fingerprint density at radius 1 is 1.08 bits per heavy atom. The lowest BCUT2D eigenvalue weighted by Crippen LogP contribution is -2.00. The van der Waals surface area contributed by atoms with Gasteiger partial charge in [0.1, 0.15) is 5.75 Å². The van der Waals surface area contributed by atoms with Gasteiger partial charge >= 0.3 is 5.97 Å². The topological polar surface area (TPSA) is 55.8 Å². The van der Waals surface area contributed by atoms with E-state index in [2.05, 4.69) is 23.3 Å². The average Bonchev–Trinajstić information content (AvgIpc) is 2.61. The van der Waals surface area contributed by atoms with Crippen molar-refractivity contribution in [3.63, 3.8) is 0 Å². The minimum atomic E-state index is -0.563. The van der Waals surface area contributed by atoms with Crippen LogP contribution in [0, 0.1) is 0 Å². The summed E-state index contributed by atoms with van der Waals surface area (Å²) in [5, 5.41) is 9.58. The van der Waals surface area contributed by atoms with E-state index in [1.54, 1.807) is 13.0 Å². The number of phenols is 1. The predicted octanol–water partition coefficient (Wildman–Crippen LogP) is 5.35. The van der Waals surface area contributed by atoms with Crippen molar-refractivity contribution in [2.75, 3.05) is 6.61 Å². The van der Waals surface area contributed by atoms with Gasteiger partial charge in [0.25, 0.3) is 0 Å². The molecule has 0 fully saturated rings. The van der Waals surface area contributed by atoms with Gasteiger partial charge in [-0.1, -0.05) is 70.2 Å². The zero-order valence-electron chi connectivity index (χ0n) is 15.1. The van der Waals surface area contributed by atoms with Crippen molar-refractivity contribution in [2.45, 2.75) is 65.2 Å². The van der Waals surface area contributed by atoms with Crippen molar-refractivity contribution in [1.29, 1.82) is 0 Å². The molecule has 0 amide bonds. The second kappa shape index (κ2) is 16.1. The van der Waals surface area contributed by atoms with Crippen molar-refractivity contribution in [2.24, 2.45) is 0 Å². The maximum Gasteiger partial charge on any atom is 0.365 e. The largest absolute Gasteiger partial charge is 0.508 e. The van der Waals surface area contributed by atoms with Gasteiger partial charge in [0.15, 0.2) is 0 Å². The first-order valence-corrected chi connectivity index (χ1v) is 8.88. The summed E-state index contributed by atoms with van der Waals surface area (Å²) in [7, 11) is 0. The number of hydrogen-bond donors (Lipinski definition) is 1. The molecule has 1 N–H and O–H groups in total. The molecule has 0 bridgehead atoms. The van der Waals surface area contributed by atoms with Gasteiger partial charge in [-0.15, -0.1) is 0 Å². The van der Waals surface area contributed by atoms with E-state index in [1.165, 1.54) is 44.9 Å². The number of carbonyl (C=O) groups excluding carboxylic acids is 1. The molecule has 0 aliphatic carbocycles. The summed E-state index contributed by atoms with van der Waals surface area (Å²) in [5.41, 5.74) is 1.09. The van der Waals surface area contributed by atoms with Gasteiger partial charge < -0.3 is 5.11 Å². The molecule has 1 aromatic rings. The molecule has 0 radical (unpaired) electrons. The standard InChI is InChI=1S/C15H24O.C5H8O3/c1-2-3-4-5-6-7-8-11-14-12-9-10-13-15(14)16;1-3-5(6)8-7-4-2/h9-10,12-13,16H,2-8,11H2,1H3;3H,1,4H2,2H3. The minimum absolute atomic E-state index is 0.361. The smallest absolute Gasteiger partial charge is 0.365 e. The van der Waals surface area contributed by atoms with Crippen LogP contribution in [0.3, 0.4) is 0 Å². The highest BCUT2D eigenvalue weighted by Gasteiger charge is 1.98. The number of para-hydroxylation sites is 1. The predicted molar refractivity (Wildman–Crippen MR) is 97.7 cm³/mol. The lowest BCUT2D eigenvalue weighted by atomic mass is 10.0. The second-order valence-corrected chi connectivity index (χ2v) is 5.51. The van der Waals surface area contributed by atoms with Crippen molar-refractivity contribution in [3.05, 3.63) is 42.5 Å². The zero-order valence-corrected chi connectivity index (χ0v) is 15.1. The molecule has 0 heterocycles. The molecule has 4 heteroatoms. The maximum atomic E-state index is 10.1. The SMILES string of the molecule is C=CC(=O)OOCC.CCCCCCCCCc1ccccc1O. The first-order valence-electron chi connectivity index (χ1n) is 8.88. The number of aryl methyl sites for hydroxylation is 1. The molecular formula is C20H32O4. The molecule has 4 nitrogen and oxygen atoms in total. The van der Waals surface area contributed by atoms with Gasteiger partial charge in [-0.3, -0.25) is 4.89 Å². The molecule has 0 aliphatic heterocycles. The van der Waals surface area contributed by atoms with Crippen LogP contribution in [-0.2, 0) is 21.0 Å². The van der Waals surface area contributed by atoms with Crippen molar-refractivity contribution >= 4 is 5.97 Å². The van der Waals surface area contributed by atoms with Crippen LogP contribution >= 0.6 is 0 Å². The Balaban J connectivity index is 0.000000561. The fourth-order valence-corrected chi connectivity index (χ4v) is 2.15. The molecule has 1 rings (SSSR count). The van der Waals surface area contributed by atoms with Gasteiger partial charge in [0, 0.05) is 6.08 Å². The Morgan fingerprint density at radius 2 is 1.71 bits per heavy atom. The van der Waals surface area contributed by atoms with Crippen LogP contribution in [0.5, 0.6) is 5.75 Å². The Kier molecular flexibility index (Phi) is 14.9. The lowest BCUT2D eigenvalue weighted by molar-refractivity contribution is -0.264. The van der Waals surface area contributed by atoms with Crippen molar-refractivity contribution in [1.82, 2.24) is 0 Å². The second-order valence-electron chi connectivity index (χ2n) is 5.51. The van der Waals surface area contributed by atoms with Crippen LogP contribution in [0.25, 0.3) is 0 Å². The van der Waals surface area contributed by atoms with Crippen LogP contribution in [0.15, 0.2) is 36.9 Å².